The molecule has 32 heavy (non-hydrogen) atoms. The zero-order valence-corrected chi connectivity index (χ0v) is 20.7. The van der Waals surface area contributed by atoms with E-state index in [2.05, 4.69) is 50.0 Å². The normalized spacial score (nSPS) is 18.8. The molecular formula is C22H28BrClN6O2. The molecule has 0 radical (unpaired) electrons. The van der Waals surface area contributed by atoms with E-state index in [4.69, 9.17) is 26.3 Å². The molecular weight excluding hydrogens is 496 g/mol. The number of benzene rings is 1. The second-order valence-electron chi connectivity index (χ2n) is 8.61. The van der Waals surface area contributed by atoms with Crippen molar-refractivity contribution in [2.75, 3.05) is 17.7 Å². The zero-order chi connectivity index (χ0) is 22.8. The Bertz CT molecular complexity index is 1100. The van der Waals surface area contributed by atoms with Crippen LogP contribution in [0.1, 0.15) is 39.5 Å². The maximum atomic E-state index is 9.82. The second kappa shape index (κ2) is 9.80. The number of nitrogens with one attached hydrogen (secondary N) is 2. The number of hydrogen-bond acceptors (Lipinski definition) is 7. The number of halogens is 2. The quantitative estimate of drug-likeness (QED) is 0.383. The number of hydrogen-bond donors (Lipinski definition) is 3. The first-order chi connectivity index (χ1) is 15.3. The maximum Gasteiger partial charge on any atom is 0.227 e. The number of anilines is 3. The largest absolute Gasteiger partial charge is 0.495 e. The van der Waals surface area contributed by atoms with Crippen LogP contribution in [0.5, 0.6) is 5.75 Å². The maximum absolute atomic E-state index is 9.82. The van der Waals surface area contributed by atoms with E-state index in [9.17, 15) is 5.11 Å². The number of aromatic nitrogens is 4. The van der Waals surface area contributed by atoms with Crippen molar-refractivity contribution in [1.29, 1.82) is 0 Å². The molecule has 0 saturated heterocycles. The van der Waals surface area contributed by atoms with Gasteiger partial charge in [0, 0.05) is 28.8 Å². The van der Waals surface area contributed by atoms with Crippen molar-refractivity contribution in [1.82, 2.24) is 19.5 Å². The van der Waals surface area contributed by atoms with Gasteiger partial charge in [0.25, 0.3) is 0 Å². The molecule has 1 aromatic carbocycles. The van der Waals surface area contributed by atoms with Gasteiger partial charge in [-0.3, -0.25) is 0 Å². The van der Waals surface area contributed by atoms with Gasteiger partial charge in [-0.15, -0.1) is 0 Å². The number of methoxy groups -OCH3 is 1. The Balaban J connectivity index is 1.71. The Hall–Kier alpha value is -2.10. The van der Waals surface area contributed by atoms with Crippen molar-refractivity contribution in [2.24, 2.45) is 5.92 Å². The van der Waals surface area contributed by atoms with Crippen LogP contribution in [0.3, 0.4) is 0 Å². The summed E-state index contributed by atoms with van der Waals surface area (Å²) in [6.07, 6.45) is 4.95. The topological polar surface area (TPSA) is 97.1 Å². The van der Waals surface area contributed by atoms with Gasteiger partial charge < -0.3 is 25.0 Å². The number of imidazole rings is 1. The number of fused-ring (bicyclic) bond motifs is 1. The van der Waals surface area contributed by atoms with Gasteiger partial charge in [0.15, 0.2) is 17.0 Å². The molecule has 0 amide bonds. The minimum absolute atomic E-state index is 0.209. The Morgan fingerprint density at radius 2 is 2.00 bits per heavy atom. The predicted octanol–water partition coefficient (Wildman–Crippen LogP) is 5.37. The summed E-state index contributed by atoms with van der Waals surface area (Å²) in [7, 11) is 1.58. The Morgan fingerprint density at radius 1 is 1.25 bits per heavy atom. The highest BCUT2D eigenvalue weighted by atomic mass is 79.9. The molecule has 2 aromatic heterocycles. The monoisotopic (exact) mass is 522 g/mol. The van der Waals surface area contributed by atoms with E-state index in [0.717, 1.165) is 48.0 Å². The third-order valence-electron chi connectivity index (χ3n) is 5.53. The second-order valence-corrected chi connectivity index (χ2v) is 9.84. The number of ether oxygens (including phenoxy) is 1. The molecule has 3 N–H and O–H groups in total. The van der Waals surface area contributed by atoms with Crippen molar-refractivity contribution in [2.45, 2.75) is 58.2 Å². The van der Waals surface area contributed by atoms with Gasteiger partial charge in [0.1, 0.15) is 5.75 Å². The minimum atomic E-state index is -0.209. The first kappa shape index (κ1) is 23.1. The lowest BCUT2D eigenvalue weighted by Crippen LogP contribution is -2.29. The van der Waals surface area contributed by atoms with Crippen molar-refractivity contribution in [3.63, 3.8) is 0 Å². The summed E-state index contributed by atoms with van der Waals surface area (Å²) in [4.78, 5) is 14.1. The van der Waals surface area contributed by atoms with Crippen LogP contribution < -0.4 is 15.4 Å². The molecule has 0 bridgehead atoms. The van der Waals surface area contributed by atoms with Crippen LogP contribution in [0.15, 0.2) is 22.9 Å². The fraction of sp³-hybridized carbons (Fsp3) is 0.500. The van der Waals surface area contributed by atoms with Crippen LogP contribution >= 0.6 is 27.5 Å². The smallest absolute Gasteiger partial charge is 0.227 e. The highest BCUT2D eigenvalue weighted by Gasteiger charge is 2.22. The predicted molar refractivity (Wildman–Crippen MR) is 131 cm³/mol. The first-order valence-corrected chi connectivity index (χ1v) is 12.0. The minimum Gasteiger partial charge on any atom is -0.495 e. The SMILES string of the molecule is COc1cc(Nc2nc(NC3CCC(O)CC3)nc3c2ncn3CC(C)C)cc(Br)c1Cl. The molecule has 0 aliphatic heterocycles. The van der Waals surface area contributed by atoms with Crippen molar-refractivity contribution < 1.29 is 9.84 Å². The van der Waals surface area contributed by atoms with Crippen molar-refractivity contribution in [3.8, 4) is 5.75 Å². The molecule has 4 rings (SSSR count). The Morgan fingerprint density at radius 3 is 2.69 bits per heavy atom. The Kier molecular flexibility index (Phi) is 7.07. The third kappa shape index (κ3) is 5.10. The van der Waals surface area contributed by atoms with Gasteiger partial charge in [-0.25, -0.2) is 4.98 Å². The Labute approximate surface area is 200 Å². The van der Waals surface area contributed by atoms with E-state index < -0.39 is 0 Å². The first-order valence-electron chi connectivity index (χ1n) is 10.8. The standard InChI is InChI=1S/C22H28BrClN6O2/c1-12(2)10-30-11-25-19-20(26-14-8-16(23)18(24)17(9-14)32-3)28-22(29-21(19)30)27-13-4-6-15(31)7-5-13/h8-9,11-13,15,31H,4-7,10H2,1-3H3,(H2,26,27,28,29). The summed E-state index contributed by atoms with van der Waals surface area (Å²) in [5, 5.41) is 17.2. The molecule has 2 heterocycles. The van der Waals surface area contributed by atoms with E-state index in [1.165, 1.54) is 0 Å². The van der Waals surface area contributed by atoms with Gasteiger partial charge in [0.05, 0.1) is 24.6 Å². The molecule has 1 aliphatic carbocycles. The average molecular weight is 524 g/mol. The molecule has 1 fully saturated rings. The summed E-state index contributed by atoms with van der Waals surface area (Å²) < 4.78 is 8.16. The molecule has 1 aliphatic rings. The number of rotatable bonds is 7. The molecule has 0 unspecified atom stereocenters. The fourth-order valence-electron chi connectivity index (χ4n) is 3.95. The number of aliphatic hydroxyl groups is 1. The van der Waals surface area contributed by atoms with Gasteiger partial charge in [0.2, 0.25) is 5.95 Å². The van der Waals surface area contributed by atoms with Crippen LogP contribution in [0, 0.1) is 5.92 Å². The fourth-order valence-corrected chi connectivity index (χ4v) is 4.58. The van der Waals surface area contributed by atoms with E-state index in [1.807, 2.05) is 18.5 Å². The summed E-state index contributed by atoms with van der Waals surface area (Å²) >= 11 is 9.77. The molecule has 3 aromatic rings. The van der Waals surface area contributed by atoms with Crippen LogP contribution in [0.2, 0.25) is 5.02 Å². The molecule has 1 saturated carbocycles. The molecule has 8 nitrogen and oxygen atoms in total. The zero-order valence-electron chi connectivity index (χ0n) is 18.4. The average Bonchev–Trinajstić information content (AvgIpc) is 3.14. The highest BCUT2D eigenvalue weighted by molar-refractivity contribution is 9.10. The van der Waals surface area contributed by atoms with Crippen molar-refractivity contribution in [3.05, 3.63) is 28.0 Å². The van der Waals surface area contributed by atoms with E-state index in [-0.39, 0.29) is 12.1 Å². The van der Waals surface area contributed by atoms with E-state index in [0.29, 0.717) is 34.0 Å². The van der Waals surface area contributed by atoms with Crippen LogP contribution in [0.4, 0.5) is 17.5 Å². The van der Waals surface area contributed by atoms with Gasteiger partial charge in [-0.2, -0.15) is 9.97 Å². The van der Waals surface area contributed by atoms with Crippen LogP contribution in [-0.4, -0.2) is 43.9 Å². The van der Waals surface area contributed by atoms with Gasteiger partial charge >= 0.3 is 0 Å². The van der Waals surface area contributed by atoms with Crippen LogP contribution in [-0.2, 0) is 6.54 Å². The van der Waals surface area contributed by atoms with Crippen LogP contribution in [0.25, 0.3) is 11.2 Å². The molecule has 0 spiro atoms. The van der Waals surface area contributed by atoms with Gasteiger partial charge in [-0.05, 0) is 53.6 Å². The third-order valence-corrected chi connectivity index (χ3v) is 6.78. The number of nitrogens with zero attached hydrogens (tertiary/aromatic N) is 4. The lowest BCUT2D eigenvalue weighted by Gasteiger charge is -2.26. The lowest BCUT2D eigenvalue weighted by atomic mass is 9.93. The van der Waals surface area contributed by atoms with Gasteiger partial charge in [-0.1, -0.05) is 25.4 Å². The lowest BCUT2D eigenvalue weighted by molar-refractivity contribution is 0.126. The summed E-state index contributed by atoms with van der Waals surface area (Å²) in [5.74, 6) is 2.16. The summed E-state index contributed by atoms with van der Waals surface area (Å²) in [5.41, 5.74) is 2.23. The van der Waals surface area contributed by atoms with E-state index >= 15 is 0 Å². The molecule has 172 valence electrons. The van der Waals surface area contributed by atoms with Crippen molar-refractivity contribution >= 4 is 56.1 Å². The highest BCUT2D eigenvalue weighted by Crippen LogP contribution is 2.37. The summed E-state index contributed by atoms with van der Waals surface area (Å²) in [6.45, 7) is 5.13. The summed E-state index contributed by atoms with van der Waals surface area (Å²) in [6, 6.07) is 3.93. The molecule has 10 heteroatoms. The molecule has 0 atom stereocenters. The number of aliphatic hydroxyl groups excluding tert-OH is 1. The van der Waals surface area contributed by atoms with E-state index in [1.54, 1.807) is 7.11 Å².